The molecule has 0 heterocycles. The maximum atomic E-state index is 5.80. The van der Waals surface area contributed by atoms with Crippen LogP contribution in [0.1, 0.15) is 49.9 Å². The fourth-order valence-electron chi connectivity index (χ4n) is 5.20. The number of hydrogen-bond donors (Lipinski definition) is 0. The monoisotopic (exact) mass is 722 g/mol. The van der Waals surface area contributed by atoms with Gasteiger partial charge in [-0.2, -0.15) is 42.0 Å². The topological polar surface area (TPSA) is 18.5 Å². The Balaban J connectivity index is 0.000000185. The Kier molecular flexibility index (Phi) is 14.6. The summed E-state index contributed by atoms with van der Waals surface area (Å²) in [6.07, 6.45) is 1.35. The third kappa shape index (κ3) is 9.82. The van der Waals surface area contributed by atoms with E-state index in [1.807, 2.05) is 52.0 Å². The molecule has 0 bridgehead atoms. The molecule has 0 saturated carbocycles. The Morgan fingerprint density at radius 3 is 1.83 bits per heavy atom. The summed E-state index contributed by atoms with van der Waals surface area (Å²) in [5, 5.41) is 2.38. The van der Waals surface area contributed by atoms with Crippen LogP contribution < -0.4 is 34.3 Å². The first-order valence-corrected chi connectivity index (χ1v) is 16.4. The quantitative estimate of drug-likeness (QED) is 0.242. The van der Waals surface area contributed by atoms with Crippen LogP contribution in [0.2, 0.25) is 0 Å². The third-order valence-corrected chi connectivity index (χ3v) is 8.59. The molecule has 0 atom stereocenters. The van der Waals surface area contributed by atoms with Gasteiger partial charge in [-0.05, 0) is 34.1 Å². The van der Waals surface area contributed by atoms with E-state index in [9.17, 15) is 0 Å². The standard InChI is InChI=1S/C15H19O2.C13H9.C13H10.2ClH.Zr/c1-10(2)16-14-8-12-6-5-7-13(12)9-15(14)17-11(3)4;1-3-7-12-10(5-1)9-11-6-2-4-8-13(11)12;1-3-7-12(8-4-1)11-13-9-5-2-6-10-13;;;/h5-11H,1-4H3;1-5,7-8H,9H2;1-10H;2*1H;/q2*-1;;;;+2/p-2. The molecular formula is C41H38Cl2O2Zr-2. The predicted octanol–water partition coefficient (Wildman–Crippen LogP) is 4.00. The van der Waals surface area contributed by atoms with Gasteiger partial charge in [-0.25, -0.2) is 0 Å². The molecule has 0 N–H and O–H groups in total. The van der Waals surface area contributed by atoms with Crippen LogP contribution in [0, 0.1) is 6.07 Å². The first-order chi connectivity index (χ1) is 21.4. The molecule has 0 fully saturated rings. The van der Waals surface area contributed by atoms with Gasteiger partial charge >= 0.3 is 99.2 Å². The first kappa shape index (κ1) is 37.1. The number of hydrogen-bond acceptors (Lipinski definition) is 2. The van der Waals surface area contributed by atoms with E-state index in [1.165, 1.54) is 71.6 Å². The van der Waals surface area contributed by atoms with Crippen LogP contribution in [0.5, 0.6) is 11.5 Å². The summed E-state index contributed by atoms with van der Waals surface area (Å²) in [6.45, 7) is 8.09. The molecule has 0 aliphatic heterocycles. The Bertz CT molecular complexity index is 1680. The van der Waals surface area contributed by atoms with Crippen molar-refractivity contribution >= 4 is 14.0 Å². The number of rotatable bonds is 6. The molecule has 0 spiro atoms. The van der Waals surface area contributed by atoms with Gasteiger partial charge in [0.25, 0.3) is 0 Å². The zero-order chi connectivity index (χ0) is 30.9. The minimum atomic E-state index is 0. The summed E-state index contributed by atoms with van der Waals surface area (Å²) < 4.78 is 13.0. The van der Waals surface area contributed by atoms with Crippen molar-refractivity contribution in [3.63, 3.8) is 0 Å². The number of halogens is 2. The molecule has 0 unspecified atom stereocenters. The summed E-state index contributed by atoms with van der Waals surface area (Å²) in [5.41, 5.74) is 8.17. The van der Waals surface area contributed by atoms with E-state index >= 15 is 0 Å². The van der Waals surface area contributed by atoms with Crippen molar-refractivity contribution in [2.24, 2.45) is 0 Å². The van der Waals surface area contributed by atoms with Crippen molar-refractivity contribution < 1.29 is 58.5 Å². The zero-order valence-corrected chi connectivity index (χ0v) is 30.6. The minimum Gasteiger partial charge on any atom is -0.179 e. The summed E-state index contributed by atoms with van der Waals surface area (Å²) in [7, 11) is 0. The molecule has 1 aliphatic carbocycles. The van der Waals surface area contributed by atoms with Gasteiger partial charge in [0.05, 0.1) is 12.2 Å². The molecule has 0 aromatic heterocycles. The first-order valence-electron chi connectivity index (χ1n) is 15.2. The molecular weight excluding hydrogens is 687 g/mol. The molecule has 6 aromatic rings. The Labute approximate surface area is 301 Å². The zero-order valence-electron chi connectivity index (χ0n) is 26.6. The summed E-state index contributed by atoms with van der Waals surface area (Å²) in [5.74, 6) is 1.65. The summed E-state index contributed by atoms with van der Waals surface area (Å²) >= 11 is 1.46. The fourth-order valence-corrected chi connectivity index (χ4v) is 6.02. The second-order valence-electron chi connectivity index (χ2n) is 11.3. The maximum Gasteiger partial charge on any atom is -0.0253 e. The van der Waals surface area contributed by atoms with Gasteiger partial charge < -0.3 is 34.3 Å². The summed E-state index contributed by atoms with van der Waals surface area (Å²) in [6, 6.07) is 49.5. The number of benzene rings is 5. The second kappa shape index (κ2) is 18.1. The number of fused-ring (bicyclic) bond motifs is 4. The number of ether oxygens (including phenoxy) is 2. The molecule has 7 rings (SSSR count). The summed E-state index contributed by atoms with van der Waals surface area (Å²) in [4.78, 5) is 0. The van der Waals surface area contributed by atoms with Gasteiger partial charge in [-0.15, -0.1) is 22.4 Å². The van der Waals surface area contributed by atoms with Gasteiger partial charge in [-0.1, -0.05) is 47.5 Å². The smallest absolute Gasteiger partial charge is 0.0253 e. The van der Waals surface area contributed by atoms with Crippen LogP contribution in [0.15, 0.2) is 133 Å². The van der Waals surface area contributed by atoms with Crippen LogP contribution in [0.4, 0.5) is 0 Å². The Morgan fingerprint density at radius 2 is 1.22 bits per heavy atom. The maximum absolute atomic E-state index is 5.80. The van der Waals surface area contributed by atoms with Crippen molar-refractivity contribution in [3.05, 3.63) is 162 Å². The molecule has 6 aromatic carbocycles. The van der Waals surface area contributed by atoms with E-state index in [-0.39, 0.29) is 37.0 Å². The normalized spacial score (nSPS) is 10.7. The Hall–Kier alpha value is -3.36. The molecule has 2 nitrogen and oxygen atoms in total. The second-order valence-corrected chi connectivity index (χ2v) is 12.5. The van der Waals surface area contributed by atoms with Crippen molar-refractivity contribution in [2.75, 3.05) is 0 Å². The van der Waals surface area contributed by atoms with E-state index in [0.717, 1.165) is 17.9 Å². The van der Waals surface area contributed by atoms with Gasteiger partial charge in [0.15, 0.2) is 0 Å². The molecule has 0 amide bonds. The van der Waals surface area contributed by atoms with Gasteiger partial charge in [0.2, 0.25) is 0 Å². The van der Waals surface area contributed by atoms with Gasteiger partial charge in [-0.3, -0.25) is 0 Å². The van der Waals surface area contributed by atoms with Crippen molar-refractivity contribution in [1.82, 2.24) is 0 Å². The average Bonchev–Trinajstić information content (AvgIpc) is 3.66. The van der Waals surface area contributed by atoms with Crippen LogP contribution in [0.3, 0.4) is 0 Å². The molecule has 0 saturated heterocycles. The van der Waals surface area contributed by atoms with E-state index < -0.39 is 0 Å². The van der Waals surface area contributed by atoms with E-state index in [4.69, 9.17) is 9.47 Å². The molecule has 1 aliphatic rings. The van der Waals surface area contributed by atoms with E-state index in [1.54, 1.807) is 0 Å². The van der Waals surface area contributed by atoms with Crippen molar-refractivity contribution in [3.8, 4) is 22.6 Å². The third-order valence-electron chi connectivity index (χ3n) is 7.17. The van der Waals surface area contributed by atoms with Crippen LogP contribution >= 0.6 is 0 Å². The van der Waals surface area contributed by atoms with Crippen LogP contribution in [-0.2, 0) is 30.7 Å². The molecule has 0 radical (unpaired) electrons. The molecule has 46 heavy (non-hydrogen) atoms. The SMILES string of the molecule is CC(C)Oc1cc2cc[cH-]c2cc1OC(C)C.[Cl-].[Cl-].[Zr+2]=[C](c1ccccc1)c1ccccc1.[c-]1cccc2c1Cc1ccccc1-2. The van der Waals surface area contributed by atoms with Crippen molar-refractivity contribution in [1.29, 1.82) is 0 Å². The van der Waals surface area contributed by atoms with Crippen LogP contribution in [-0.4, -0.2) is 15.4 Å². The van der Waals surface area contributed by atoms with Crippen molar-refractivity contribution in [2.45, 2.75) is 46.3 Å². The van der Waals surface area contributed by atoms with E-state index in [2.05, 4.69) is 115 Å². The molecule has 234 valence electrons. The van der Waals surface area contributed by atoms with Gasteiger partial charge in [0.1, 0.15) is 11.5 Å². The Morgan fingerprint density at radius 1 is 0.674 bits per heavy atom. The fraction of sp³-hybridized carbons (Fsp3) is 0.171. The predicted molar refractivity (Wildman–Crippen MR) is 181 cm³/mol. The average molecular weight is 725 g/mol. The van der Waals surface area contributed by atoms with E-state index in [0.29, 0.717) is 0 Å². The minimum absolute atomic E-state index is 0. The van der Waals surface area contributed by atoms with Gasteiger partial charge in [0, 0.05) is 0 Å². The molecule has 5 heteroatoms. The largest absolute Gasteiger partial charge is 0.179 e. The van der Waals surface area contributed by atoms with Crippen LogP contribution in [0.25, 0.3) is 21.9 Å².